The molecule has 0 unspecified atom stereocenters. The predicted molar refractivity (Wildman–Crippen MR) is 157 cm³/mol. The molecule has 0 aliphatic heterocycles. The quantitative estimate of drug-likeness (QED) is 0.0899. The van der Waals surface area contributed by atoms with E-state index >= 15 is 0 Å². The smallest absolute Gasteiger partial charge is 0.343 e. The highest BCUT2D eigenvalue weighted by Gasteiger charge is 2.16. The monoisotopic (exact) mass is 592 g/mol. The summed E-state index contributed by atoms with van der Waals surface area (Å²) in [6.07, 6.45) is 0.622. The van der Waals surface area contributed by atoms with E-state index in [4.69, 9.17) is 42.1 Å². The Kier molecular flexibility index (Phi) is 10.2. The summed E-state index contributed by atoms with van der Waals surface area (Å²) in [5.41, 5.74) is 4.34. The molecule has 0 heterocycles. The maximum Gasteiger partial charge on any atom is 0.343 e. The summed E-state index contributed by atoms with van der Waals surface area (Å²) in [6, 6.07) is 26.1. The fourth-order valence-electron chi connectivity index (χ4n) is 3.51. The minimum absolute atomic E-state index is 0.197. The minimum atomic E-state index is -0.805. The second-order valence-electron chi connectivity index (χ2n) is 8.67. The van der Waals surface area contributed by atoms with Crippen molar-refractivity contribution in [2.45, 2.75) is 19.6 Å². The Bertz CT molecular complexity index is 1530. The largest absolute Gasteiger partial charge is 0.493 e. The van der Waals surface area contributed by atoms with E-state index in [1.807, 2.05) is 30.3 Å². The SMILES string of the molecule is COc1cc(/C=N\NC(=O)[C@@H](C)Oc2ccc(OCc3ccccc3)cc2)ccc1OC(=O)c1ccc(Cl)c(Cl)c1. The van der Waals surface area contributed by atoms with E-state index in [0.29, 0.717) is 34.4 Å². The maximum atomic E-state index is 12.5. The molecule has 4 aromatic rings. The Morgan fingerprint density at radius 2 is 1.61 bits per heavy atom. The van der Waals surface area contributed by atoms with Crippen molar-refractivity contribution in [2.24, 2.45) is 5.10 Å². The number of rotatable bonds is 11. The van der Waals surface area contributed by atoms with Crippen molar-refractivity contribution in [3.63, 3.8) is 0 Å². The molecule has 0 aliphatic rings. The van der Waals surface area contributed by atoms with E-state index in [0.717, 1.165) is 5.56 Å². The number of hydrogen-bond donors (Lipinski definition) is 1. The molecule has 4 rings (SSSR count). The Hall–Kier alpha value is -4.53. The van der Waals surface area contributed by atoms with Crippen molar-refractivity contribution in [2.75, 3.05) is 7.11 Å². The highest BCUT2D eigenvalue weighted by molar-refractivity contribution is 6.42. The lowest BCUT2D eigenvalue weighted by Crippen LogP contribution is -2.33. The van der Waals surface area contributed by atoms with Crippen LogP contribution < -0.4 is 24.4 Å². The number of hydrazone groups is 1. The number of carbonyl (C=O) groups is 2. The van der Waals surface area contributed by atoms with Crippen LogP contribution >= 0.6 is 23.2 Å². The van der Waals surface area contributed by atoms with E-state index in [1.54, 1.807) is 49.4 Å². The molecule has 8 nitrogen and oxygen atoms in total. The molecule has 210 valence electrons. The first-order valence-corrected chi connectivity index (χ1v) is 13.2. The van der Waals surface area contributed by atoms with E-state index in [1.165, 1.54) is 31.5 Å². The van der Waals surface area contributed by atoms with E-state index in [2.05, 4.69) is 10.5 Å². The van der Waals surface area contributed by atoms with Gasteiger partial charge < -0.3 is 18.9 Å². The Balaban J connectivity index is 1.28. The number of carbonyl (C=O) groups excluding carboxylic acids is 2. The number of benzene rings is 4. The third-order valence-electron chi connectivity index (χ3n) is 5.69. The number of ether oxygens (including phenoxy) is 4. The molecule has 0 saturated heterocycles. The van der Waals surface area contributed by atoms with Gasteiger partial charge in [0.15, 0.2) is 17.6 Å². The molecule has 1 atom stereocenters. The number of amides is 1. The van der Waals surface area contributed by atoms with Crippen LogP contribution in [0.3, 0.4) is 0 Å². The van der Waals surface area contributed by atoms with Crippen molar-refractivity contribution in [3.05, 3.63) is 118 Å². The van der Waals surface area contributed by atoms with Crippen LogP contribution in [-0.4, -0.2) is 31.3 Å². The highest BCUT2D eigenvalue weighted by Crippen LogP contribution is 2.29. The van der Waals surface area contributed by atoms with Gasteiger partial charge in [0.1, 0.15) is 18.1 Å². The lowest BCUT2D eigenvalue weighted by atomic mass is 10.2. The fraction of sp³-hybridized carbons (Fsp3) is 0.129. The van der Waals surface area contributed by atoms with Crippen LogP contribution in [-0.2, 0) is 11.4 Å². The normalized spacial score (nSPS) is 11.5. The second kappa shape index (κ2) is 14.2. The van der Waals surface area contributed by atoms with Gasteiger partial charge in [0.2, 0.25) is 0 Å². The molecule has 0 spiro atoms. The molecule has 10 heteroatoms. The van der Waals surface area contributed by atoms with E-state index in [-0.39, 0.29) is 16.3 Å². The third kappa shape index (κ3) is 8.48. The molecule has 0 saturated carbocycles. The zero-order valence-corrected chi connectivity index (χ0v) is 23.7. The number of nitrogens with zero attached hydrogens (tertiary/aromatic N) is 1. The molecular formula is C31H26Cl2N2O6. The summed E-state index contributed by atoms with van der Waals surface area (Å²) in [6.45, 7) is 2.07. The zero-order chi connectivity index (χ0) is 29.2. The number of esters is 1. The molecule has 1 N–H and O–H groups in total. The first-order chi connectivity index (χ1) is 19.8. The summed E-state index contributed by atoms with van der Waals surface area (Å²) in [4.78, 5) is 25.0. The number of halogens is 2. The molecule has 0 fully saturated rings. The van der Waals surface area contributed by atoms with Gasteiger partial charge >= 0.3 is 5.97 Å². The van der Waals surface area contributed by atoms with Crippen molar-refractivity contribution < 1.29 is 28.5 Å². The number of methoxy groups -OCH3 is 1. The van der Waals surface area contributed by atoms with E-state index < -0.39 is 18.0 Å². The fourth-order valence-corrected chi connectivity index (χ4v) is 3.80. The van der Waals surface area contributed by atoms with Gasteiger partial charge in [-0.2, -0.15) is 5.10 Å². The number of hydrogen-bond acceptors (Lipinski definition) is 7. The van der Waals surface area contributed by atoms with Crippen LogP contribution in [0.2, 0.25) is 10.0 Å². The molecule has 0 aliphatic carbocycles. The van der Waals surface area contributed by atoms with Gasteiger partial charge in [0, 0.05) is 0 Å². The maximum absolute atomic E-state index is 12.5. The summed E-state index contributed by atoms with van der Waals surface area (Å²) in [5.74, 6) is 0.626. The lowest BCUT2D eigenvalue weighted by molar-refractivity contribution is -0.127. The second-order valence-corrected chi connectivity index (χ2v) is 9.48. The highest BCUT2D eigenvalue weighted by atomic mass is 35.5. The van der Waals surface area contributed by atoms with Gasteiger partial charge in [-0.1, -0.05) is 53.5 Å². The third-order valence-corrected chi connectivity index (χ3v) is 6.43. The number of nitrogens with one attached hydrogen (secondary N) is 1. The topological polar surface area (TPSA) is 95.5 Å². The van der Waals surface area contributed by atoms with Gasteiger partial charge in [-0.25, -0.2) is 10.2 Å². The van der Waals surface area contributed by atoms with Crippen molar-refractivity contribution in [1.29, 1.82) is 0 Å². The summed E-state index contributed by atoms with van der Waals surface area (Å²) >= 11 is 11.9. The molecule has 1 amide bonds. The molecule has 0 aromatic heterocycles. The standard InChI is InChI=1S/C31H26Cl2N2O6/c1-20(40-25-12-10-24(11-13-25)39-19-21-6-4-3-5-7-21)30(36)35-34-18-22-8-15-28(29(16-22)38-2)41-31(37)23-9-14-26(32)27(33)17-23/h3-18,20H,19H2,1-2H3,(H,35,36)/b34-18-/t20-/m1/s1. The van der Waals surface area contributed by atoms with Crippen LogP contribution in [0, 0.1) is 0 Å². The minimum Gasteiger partial charge on any atom is -0.493 e. The predicted octanol–water partition coefficient (Wildman–Crippen LogP) is 6.72. The van der Waals surface area contributed by atoms with Crippen LogP contribution in [0.4, 0.5) is 0 Å². The molecular weight excluding hydrogens is 567 g/mol. The summed E-state index contributed by atoms with van der Waals surface area (Å²) in [7, 11) is 1.44. The average molecular weight is 593 g/mol. The van der Waals surface area contributed by atoms with Crippen molar-refractivity contribution in [1.82, 2.24) is 5.43 Å². The van der Waals surface area contributed by atoms with Crippen LogP contribution in [0.5, 0.6) is 23.0 Å². The molecule has 0 bridgehead atoms. The van der Waals surface area contributed by atoms with Gasteiger partial charge in [0.05, 0.1) is 28.9 Å². The summed E-state index contributed by atoms with van der Waals surface area (Å²) in [5, 5.41) is 4.56. The first-order valence-electron chi connectivity index (χ1n) is 12.4. The van der Waals surface area contributed by atoms with Gasteiger partial charge in [-0.05, 0) is 78.7 Å². The van der Waals surface area contributed by atoms with Crippen molar-refractivity contribution in [3.8, 4) is 23.0 Å². The summed E-state index contributed by atoms with van der Waals surface area (Å²) < 4.78 is 22.3. The van der Waals surface area contributed by atoms with E-state index in [9.17, 15) is 9.59 Å². The Morgan fingerprint density at radius 1 is 0.878 bits per heavy atom. The first kappa shape index (κ1) is 29.5. The Labute approximate surface area is 247 Å². The van der Waals surface area contributed by atoms with Gasteiger partial charge in [-0.15, -0.1) is 0 Å². The molecule has 0 radical (unpaired) electrons. The molecule has 4 aromatic carbocycles. The molecule has 41 heavy (non-hydrogen) atoms. The van der Waals surface area contributed by atoms with Gasteiger partial charge in [0.25, 0.3) is 5.91 Å². The Morgan fingerprint density at radius 3 is 2.32 bits per heavy atom. The van der Waals surface area contributed by atoms with Crippen LogP contribution in [0.15, 0.2) is 96.1 Å². The zero-order valence-electron chi connectivity index (χ0n) is 22.2. The van der Waals surface area contributed by atoms with Crippen molar-refractivity contribution >= 4 is 41.3 Å². The van der Waals surface area contributed by atoms with Crippen LogP contribution in [0.1, 0.15) is 28.4 Å². The average Bonchev–Trinajstić information content (AvgIpc) is 2.99. The lowest BCUT2D eigenvalue weighted by Gasteiger charge is -2.13. The van der Waals surface area contributed by atoms with Gasteiger partial charge in [-0.3, -0.25) is 4.79 Å². The van der Waals surface area contributed by atoms with Crippen LogP contribution in [0.25, 0.3) is 0 Å².